The Morgan fingerprint density at radius 3 is 2.64 bits per heavy atom. The first-order valence-electron chi connectivity index (χ1n) is 7.49. The molecule has 1 N–H and O–H groups in total. The number of carbonyl (C=O) groups excluding carboxylic acids is 1. The Labute approximate surface area is 149 Å². The zero-order valence-corrected chi connectivity index (χ0v) is 13.9. The van der Waals surface area contributed by atoms with Gasteiger partial charge < -0.3 is 4.74 Å². The van der Waals surface area contributed by atoms with Crippen molar-refractivity contribution in [1.82, 2.24) is 10.4 Å². The van der Waals surface area contributed by atoms with E-state index in [2.05, 4.69) is 15.5 Å². The van der Waals surface area contributed by atoms with Gasteiger partial charge in [0.1, 0.15) is 17.2 Å². The summed E-state index contributed by atoms with van der Waals surface area (Å²) >= 11 is 5.86. The number of amides is 1. The lowest BCUT2D eigenvalue weighted by atomic mass is 10.2. The summed E-state index contributed by atoms with van der Waals surface area (Å²) in [5.41, 5.74) is 3.53. The number of carbonyl (C=O) groups is 1. The van der Waals surface area contributed by atoms with Gasteiger partial charge in [-0.25, -0.2) is 5.43 Å². The fourth-order valence-electron chi connectivity index (χ4n) is 2.02. The molecule has 25 heavy (non-hydrogen) atoms. The quantitative estimate of drug-likeness (QED) is 0.551. The van der Waals surface area contributed by atoms with Crippen LogP contribution in [-0.4, -0.2) is 17.1 Å². The molecule has 0 radical (unpaired) electrons. The molecule has 0 bridgehead atoms. The molecule has 3 aromatic rings. The molecule has 6 heteroatoms. The van der Waals surface area contributed by atoms with Crippen LogP contribution >= 0.6 is 11.6 Å². The monoisotopic (exact) mass is 351 g/mol. The molecule has 1 heterocycles. The fourth-order valence-corrected chi connectivity index (χ4v) is 2.14. The van der Waals surface area contributed by atoms with Gasteiger partial charge >= 0.3 is 0 Å². The highest BCUT2D eigenvalue weighted by Gasteiger charge is 2.03. The van der Waals surface area contributed by atoms with Crippen LogP contribution in [0.5, 0.6) is 11.5 Å². The zero-order chi connectivity index (χ0) is 17.5. The van der Waals surface area contributed by atoms with Crippen LogP contribution in [0.2, 0.25) is 5.02 Å². The maximum absolute atomic E-state index is 11.8. The third-order valence-electron chi connectivity index (χ3n) is 3.18. The number of benzene rings is 2. The predicted octanol–water partition coefficient (Wildman–Crippen LogP) is 4.29. The van der Waals surface area contributed by atoms with Gasteiger partial charge in [0.15, 0.2) is 0 Å². The number of pyridine rings is 1. The van der Waals surface area contributed by atoms with Crippen LogP contribution in [0.4, 0.5) is 0 Å². The van der Waals surface area contributed by atoms with Crippen molar-refractivity contribution in [2.45, 2.75) is 0 Å². The number of aromatic nitrogens is 1. The van der Waals surface area contributed by atoms with Gasteiger partial charge in [-0.15, -0.1) is 0 Å². The molecule has 0 saturated carbocycles. The molecule has 124 valence electrons. The minimum absolute atomic E-state index is 0.305. The van der Waals surface area contributed by atoms with Gasteiger partial charge in [0.25, 0.3) is 5.91 Å². The number of halogens is 1. The second-order valence-electron chi connectivity index (χ2n) is 5.04. The Balaban J connectivity index is 1.63. The molecule has 0 atom stereocenters. The van der Waals surface area contributed by atoms with Gasteiger partial charge in [-0.05, 0) is 54.1 Å². The minimum Gasteiger partial charge on any atom is -0.457 e. The first-order chi connectivity index (χ1) is 12.2. The number of hydrogen-bond donors (Lipinski definition) is 1. The molecule has 0 aliphatic heterocycles. The van der Waals surface area contributed by atoms with E-state index in [1.165, 1.54) is 6.21 Å². The van der Waals surface area contributed by atoms with Crippen LogP contribution in [0.15, 0.2) is 78.0 Å². The van der Waals surface area contributed by atoms with Gasteiger partial charge in [0, 0.05) is 11.2 Å². The van der Waals surface area contributed by atoms with Gasteiger partial charge in [0.2, 0.25) is 0 Å². The predicted molar refractivity (Wildman–Crippen MR) is 97.3 cm³/mol. The Kier molecular flexibility index (Phi) is 5.39. The first-order valence-corrected chi connectivity index (χ1v) is 7.86. The van der Waals surface area contributed by atoms with Crippen LogP contribution < -0.4 is 10.2 Å². The van der Waals surface area contributed by atoms with E-state index in [1.807, 2.05) is 24.3 Å². The summed E-state index contributed by atoms with van der Waals surface area (Å²) in [6.45, 7) is 0. The van der Waals surface area contributed by atoms with Gasteiger partial charge in [-0.3, -0.25) is 9.78 Å². The summed E-state index contributed by atoms with van der Waals surface area (Å²) in [5.74, 6) is 0.967. The Morgan fingerprint density at radius 2 is 1.88 bits per heavy atom. The van der Waals surface area contributed by atoms with Gasteiger partial charge in [-0.2, -0.15) is 5.10 Å². The normalized spacial score (nSPS) is 10.6. The van der Waals surface area contributed by atoms with E-state index in [-0.39, 0.29) is 5.91 Å². The third kappa shape index (κ3) is 4.89. The maximum atomic E-state index is 11.8. The molecular formula is C19H14ClN3O2. The molecule has 5 nitrogen and oxygen atoms in total. The van der Waals surface area contributed by atoms with Crippen molar-refractivity contribution in [1.29, 1.82) is 0 Å². The third-order valence-corrected chi connectivity index (χ3v) is 3.44. The highest BCUT2D eigenvalue weighted by Crippen LogP contribution is 2.23. The zero-order valence-electron chi connectivity index (χ0n) is 13.1. The number of nitrogens with one attached hydrogen (secondary N) is 1. The van der Waals surface area contributed by atoms with Crippen molar-refractivity contribution in [2.75, 3.05) is 0 Å². The van der Waals surface area contributed by atoms with E-state index in [1.54, 1.807) is 48.7 Å². The van der Waals surface area contributed by atoms with Crippen LogP contribution in [0.1, 0.15) is 16.1 Å². The van der Waals surface area contributed by atoms with Crippen LogP contribution in [0, 0.1) is 0 Å². The second kappa shape index (κ2) is 8.08. The van der Waals surface area contributed by atoms with Crippen molar-refractivity contribution >= 4 is 23.7 Å². The van der Waals surface area contributed by atoms with Crippen molar-refractivity contribution < 1.29 is 9.53 Å². The number of hydrazone groups is 1. The van der Waals surface area contributed by atoms with Crippen molar-refractivity contribution in [3.63, 3.8) is 0 Å². The number of nitrogens with zero attached hydrogens (tertiary/aromatic N) is 2. The van der Waals surface area contributed by atoms with Crippen molar-refractivity contribution in [3.05, 3.63) is 89.2 Å². The van der Waals surface area contributed by atoms with E-state index < -0.39 is 0 Å². The van der Waals surface area contributed by atoms with Crippen LogP contribution in [0.3, 0.4) is 0 Å². The lowest BCUT2D eigenvalue weighted by Gasteiger charge is -2.06. The van der Waals surface area contributed by atoms with E-state index in [0.717, 1.165) is 5.56 Å². The summed E-state index contributed by atoms with van der Waals surface area (Å²) in [5, 5.41) is 4.59. The first kappa shape index (κ1) is 16.7. The summed E-state index contributed by atoms with van der Waals surface area (Å²) in [4.78, 5) is 15.8. The lowest BCUT2D eigenvalue weighted by molar-refractivity contribution is 0.0950. The van der Waals surface area contributed by atoms with E-state index in [0.29, 0.717) is 22.2 Å². The second-order valence-corrected chi connectivity index (χ2v) is 5.48. The number of ether oxygens (including phenoxy) is 1. The van der Waals surface area contributed by atoms with E-state index >= 15 is 0 Å². The Morgan fingerprint density at radius 1 is 1.04 bits per heavy atom. The Hall–Kier alpha value is -3.18. The number of rotatable bonds is 5. The summed E-state index contributed by atoms with van der Waals surface area (Å²) in [7, 11) is 0. The van der Waals surface area contributed by atoms with Crippen LogP contribution in [-0.2, 0) is 0 Å². The molecule has 1 amide bonds. The van der Waals surface area contributed by atoms with Crippen molar-refractivity contribution in [3.8, 4) is 11.5 Å². The molecule has 0 unspecified atom stereocenters. The largest absolute Gasteiger partial charge is 0.457 e. The topological polar surface area (TPSA) is 63.6 Å². The number of hydrogen-bond acceptors (Lipinski definition) is 4. The van der Waals surface area contributed by atoms with E-state index in [9.17, 15) is 4.79 Å². The summed E-state index contributed by atoms with van der Waals surface area (Å²) in [6.07, 6.45) is 3.09. The van der Waals surface area contributed by atoms with Crippen molar-refractivity contribution in [2.24, 2.45) is 5.10 Å². The molecule has 0 fully saturated rings. The van der Waals surface area contributed by atoms with Gasteiger partial charge in [0.05, 0.1) is 6.21 Å². The average Bonchev–Trinajstić information content (AvgIpc) is 2.65. The van der Waals surface area contributed by atoms with Gasteiger partial charge in [-0.1, -0.05) is 29.8 Å². The molecule has 3 rings (SSSR count). The molecule has 0 spiro atoms. The lowest BCUT2D eigenvalue weighted by Crippen LogP contribution is -2.18. The Bertz CT molecular complexity index is 881. The summed E-state index contributed by atoms with van der Waals surface area (Å²) < 4.78 is 5.75. The standard InChI is InChI=1S/C19H14ClN3O2/c20-15-7-9-16(10-8-15)25-17-5-3-4-14(12-17)13-22-23-19(24)18-6-1-2-11-21-18/h1-13H,(H,23,24)/b22-13-. The molecule has 1 aromatic heterocycles. The molecule has 0 saturated heterocycles. The SMILES string of the molecule is O=C(N/N=C\c1cccc(Oc2ccc(Cl)cc2)c1)c1ccccn1. The average molecular weight is 352 g/mol. The van der Waals surface area contributed by atoms with E-state index in [4.69, 9.17) is 16.3 Å². The summed E-state index contributed by atoms with van der Waals surface area (Å²) in [6, 6.07) is 19.5. The van der Waals surface area contributed by atoms with Crippen LogP contribution in [0.25, 0.3) is 0 Å². The molecule has 2 aromatic carbocycles. The molecule has 0 aliphatic rings. The molecular weight excluding hydrogens is 338 g/mol. The highest BCUT2D eigenvalue weighted by molar-refractivity contribution is 6.30. The molecule has 0 aliphatic carbocycles. The maximum Gasteiger partial charge on any atom is 0.289 e. The highest BCUT2D eigenvalue weighted by atomic mass is 35.5. The fraction of sp³-hybridized carbons (Fsp3) is 0. The smallest absolute Gasteiger partial charge is 0.289 e. The minimum atomic E-state index is -0.370.